The molecule has 0 amide bonds. The summed E-state index contributed by atoms with van der Waals surface area (Å²) in [7, 11) is 0. The van der Waals surface area contributed by atoms with E-state index in [9.17, 15) is 14.4 Å². The molecule has 6 nitrogen and oxygen atoms in total. The van der Waals surface area contributed by atoms with Gasteiger partial charge in [0.1, 0.15) is 18.8 Å². The Morgan fingerprint density at radius 2 is 1.44 bits per heavy atom. The van der Waals surface area contributed by atoms with E-state index in [2.05, 4.69) is 0 Å². The highest BCUT2D eigenvalue weighted by molar-refractivity contribution is 5.76. The SMILES string of the molecule is C[C@@H]1CC(=O)OC[C@H](C)C(=O)O[C@H](C)CC(=O)O1. The van der Waals surface area contributed by atoms with E-state index < -0.39 is 36.0 Å². The van der Waals surface area contributed by atoms with Gasteiger partial charge in [-0.1, -0.05) is 0 Å². The molecule has 1 heterocycles. The minimum atomic E-state index is -0.547. The number of ether oxygens (including phenoxy) is 3. The standard InChI is InChI=1S/C12H18O6/c1-7-6-16-10(13)4-8(2)17-11(14)5-9(3)18-12(7)15/h7-9H,4-6H2,1-3H3/t7-,8+,9+/m0/s1. The Balaban J connectivity index is 2.69. The number of esters is 3. The van der Waals surface area contributed by atoms with Gasteiger partial charge in [-0.05, 0) is 20.8 Å². The molecule has 0 saturated carbocycles. The van der Waals surface area contributed by atoms with Crippen LogP contribution >= 0.6 is 0 Å². The van der Waals surface area contributed by atoms with Gasteiger partial charge in [0.15, 0.2) is 0 Å². The van der Waals surface area contributed by atoms with E-state index in [4.69, 9.17) is 14.2 Å². The summed E-state index contributed by atoms with van der Waals surface area (Å²) >= 11 is 0. The van der Waals surface area contributed by atoms with Crippen LogP contribution in [0.4, 0.5) is 0 Å². The molecule has 1 fully saturated rings. The number of hydrogen-bond donors (Lipinski definition) is 0. The van der Waals surface area contributed by atoms with E-state index in [1.54, 1.807) is 20.8 Å². The summed E-state index contributed by atoms with van der Waals surface area (Å²) < 4.78 is 14.9. The van der Waals surface area contributed by atoms with Crippen LogP contribution in [0.25, 0.3) is 0 Å². The topological polar surface area (TPSA) is 78.9 Å². The van der Waals surface area contributed by atoms with Gasteiger partial charge in [-0.15, -0.1) is 0 Å². The van der Waals surface area contributed by atoms with Gasteiger partial charge < -0.3 is 14.2 Å². The first kappa shape index (κ1) is 14.5. The van der Waals surface area contributed by atoms with Crippen molar-refractivity contribution in [2.24, 2.45) is 5.92 Å². The van der Waals surface area contributed by atoms with E-state index in [-0.39, 0.29) is 19.4 Å². The maximum absolute atomic E-state index is 11.6. The van der Waals surface area contributed by atoms with Crippen molar-refractivity contribution >= 4 is 17.9 Å². The van der Waals surface area contributed by atoms with Crippen LogP contribution in [-0.2, 0) is 28.6 Å². The molecule has 0 radical (unpaired) electrons. The number of cyclic esters (lactones) is 3. The molecule has 0 unspecified atom stereocenters. The fourth-order valence-corrected chi connectivity index (χ4v) is 1.48. The first-order valence-electron chi connectivity index (χ1n) is 5.94. The van der Waals surface area contributed by atoms with Crippen LogP contribution in [0, 0.1) is 5.92 Å². The molecule has 0 aliphatic carbocycles. The lowest BCUT2D eigenvalue weighted by atomic mass is 10.2. The molecule has 0 N–H and O–H groups in total. The van der Waals surface area contributed by atoms with Crippen molar-refractivity contribution in [3.63, 3.8) is 0 Å². The van der Waals surface area contributed by atoms with Crippen LogP contribution in [0.3, 0.4) is 0 Å². The second-order valence-corrected chi connectivity index (χ2v) is 4.54. The van der Waals surface area contributed by atoms with Crippen molar-refractivity contribution in [1.29, 1.82) is 0 Å². The average molecular weight is 258 g/mol. The Hall–Kier alpha value is -1.59. The van der Waals surface area contributed by atoms with E-state index in [0.717, 1.165) is 0 Å². The van der Waals surface area contributed by atoms with Gasteiger partial charge >= 0.3 is 17.9 Å². The average Bonchev–Trinajstić information content (AvgIpc) is 2.23. The quantitative estimate of drug-likeness (QED) is 0.473. The normalized spacial score (nSPS) is 31.5. The number of rotatable bonds is 0. The Bertz CT molecular complexity index is 337. The second kappa shape index (κ2) is 6.37. The molecule has 1 saturated heterocycles. The third-order valence-corrected chi connectivity index (χ3v) is 2.45. The van der Waals surface area contributed by atoms with Crippen molar-refractivity contribution < 1.29 is 28.6 Å². The van der Waals surface area contributed by atoms with Crippen LogP contribution in [0.2, 0.25) is 0 Å². The smallest absolute Gasteiger partial charge is 0.312 e. The van der Waals surface area contributed by atoms with E-state index in [0.29, 0.717) is 0 Å². The minimum absolute atomic E-state index is 0.0120. The monoisotopic (exact) mass is 258 g/mol. The predicted molar refractivity (Wildman–Crippen MR) is 60.5 cm³/mol. The molecule has 0 spiro atoms. The lowest BCUT2D eigenvalue weighted by Crippen LogP contribution is -2.30. The van der Waals surface area contributed by atoms with E-state index in [1.807, 2.05) is 0 Å². The van der Waals surface area contributed by atoms with Crippen molar-refractivity contribution in [2.45, 2.75) is 45.8 Å². The highest BCUT2D eigenvalue weighted by atomic mass is 16.6. The van der Waals surface area contributed by atoms with Gasteiger partial charge in [0.2, 0.25) is 0 Å². The molecule has 1 rings (SSSR count). The third kappa shape index (κ3) is 4.73. The molecule has 18 heavy (non-hydrogen) atoms. The van der Waals surface area contributed by atoms with Crippen LogP contribution in [0.1, 0.15) is 33.6 Å². The van der Waals surface area contributed by atoms with E-state index >= 15 is 0 Å². The van der Waals surface area contributed by atoms with Crippen LogP contribution < -0.4 is 0 Å². The van der Waals surface area contributed by atoms with E-state index in [1.165, 1.54) is 0 Å². The molecular formula is C12H18O6. The summed E-state index contributed by atoms with van der Waals surface area (Å²) in [6.07, 6.45) is -1.11. The minimum Gasteiger partial charge on any atom is -0.465 e. The summed E-state index contributed by atoms with van der Waals surface area (Å²) in [6.45, 7) is 4.82. The fraction of sp³-hybridized carbons (Fsp3) is 0.750. The van der Waals surface area contributed by atoms with Gasteiger partial charge in [-0.25, -0.2) is 0 Å². The Kier molecular flexibility index (Phi) is 5.12. The van der Waals surface area contributed by atoms with Crippen molar-refractivity contribution in [3.8, 4) is 0 Å². The summed E-state index contributed by atoms with van der Waals surface area (Å²) in [5.74, 6) is -2.02. The lowest BCUT2D eigenvalue weighted by molar-refractivity contribution is -0.165. The molecule has 0 aromatic heterocycles. The first-order valence-corrected chi connectivity index (χ1v) is 5.94. The predicted octanol–water partition coefficient (Wildman–Crippen LogP) is 0.823. The molecular weight excluding hydrogens is 240 g/mol. The van der Waals surface area contributed by atoms with Gasteiger partial charge in [0.05, 0.1) is 18.8 Å². The molecule has 1 aliphatic rings. The van der Waals surface area contributed by atoms with Gasteiger partial charge in [-0.3, -0.25) is 14.4 Å². The summed E-state index contributed by atoms with van der Waals surface area (Å²) in [6, 6.07) is 0. The molecule has 0 bridgehead atoms. The molecule has 0 aromatic carbocycles. The zero-order chi connectivity index (χ0) is 13.7. The Morgan fingerprint density at radius 1 is 0.889 bits per heavy atom. The summed E-state index contributed by atoms with van der Waals surface area (Å²) in [4.78, 5) is 34.4. The van der Waals surface area contributed by atoms with Gasteiger partial charge in [0.25, 0.3) is 0 Å². The molecule has 102 valence electrons. The largest absolute Gasteiger partial charge is 0.465 e. The van der Waals surface area contributed by atoms with Crippen molar-refractivity contribution in [2.75, 3.05) is 6.61 Å². The molecule has 6 heteroatoms. The first-order chi connectivity index (χ1) is 8.38. The van der Waals surface area contributed by atoms with Crippen LogP contribution in [-0.4, -0.2) is 36.7 Å². The maximum Gasteiger partial charge on any atom is 0.312 e. The fourth-order valence-electron chi connectivity index (χ4n) is 1.48. The summed E-state index contributed by atoms with van der Waals surface area (Å²) in [5.41, 5.74) is 0. The number of carbonyl (C=O) groups excluding carboxylic acids is 3. The highest BCUT2D eigenvalue weighted by Gasteiger charge is 2.24. The summed E-state index contributed by atoms with van der Waals surface area (Å²) in [5, 5.41) is 0. The zero-order valence-electron chi connectivity index (χ0n) is 10.8. The maximum atomic E-state index is 11.6. The lowest BCUT2D eigenvalue weighted by Gasteiger charge is -2.20. The number of hydrogen-bond acceptors (Lipinski definition) is 6. The van der Waals surface area contributed by atoms with Crippen LogP contribution in [0.5, 0.6) is 0 Å². The Labute approximate surface area is 106 Å². The van der Waals surface area contributed by atoms with Crippen molar-refractivity contribution in [3.05, 3.63) is 0 Å². The molecule has 3 atom stereocenters. The second-order valence-electron chi connectivity index (χ2n) is 4.54. The zero-order valence-corrected chi connectivity index (χ0v) is 10.8. The third-order valence-electron chi connectivity index (χ3n) is 2.45. The van der Waals surface area contributed by atoms with Gasteiger partial charge in [-0.2, -0.15) is 0 Å². The molecule has 1 aliphatic heterocycles. The van der Waals surface area contributed by atoms with Crippen molar-refractivity contribution in [1.82, 2.24) is 0 Å². The van der Waals surface area contributed by atoms with Crippen LogP contribution in [0.15, 0.2) is 0 Å². The Morgan fingerprint density at radius 3 is 2.11 bits per heavy atom. The molecule has 0 aromatic rings. The van der Waals surface area contributed by atoms with Gasteiger partial charge in [0, 0.05) is 0 Å². The highest BCUT2D eigenvalue weighted by Crippen LogP contribution is 2.10. The number of carbonyl (C=O) groups is 3.